The number of H-pyrrole nitrogens is 2. The van der Waals surface area contributed by atoms with Crippen LogP contribution in [0.2, 0.25) is 0 Å². The number of anilines is 1. The van der Waals surface area contributed by atoms with E-state index < -0.39 is 11.1 Å². The first-order valence-corrected chi connectivity index (χ1v) is 8.58. The van der Waals surface area contributed by atoms with Gasteiger partial charge in [-0.1, -0.05) is 12.1 Å². The maximum Gasteiger partial charge on any atom is 0.314 e. The van der Waals surface area contributed by atoms with Crippen molar-refractivity contribution >= 4 is 22.6 Å². The molecule has 0 bridgehead atoms. The molecule has 1 aliphatic rings. The Morgan fingerprint density at radius 1 is 0.889 bits per heavy atom. The highest BCUT2D eigenvalue weighted by Crippen LogP contribution is 2.21. The maximum absolute atomic E-state index is 13.9. The van der Waals surface area contributed by atoms with Gasteiger partial charge in [0.2, 0.25) is 0 Å². The van der Waals surface area contributed by atoms with Gasteiger partial charge in [0.25, 0.3) is 5.91 Å². The van der Waals surface area contributed by atoms with Gasteiger partial charge in [0, 0.05) is 31.7 Å². The summed E-state index contributed by atoms with van der Waals surface area (Å²) in [5.74, 6) is -0.443. The van der Waals surface area contributed by atoms with Crippen LogP contribution in [0.15, 0.2) is 52.1 Å². The van der Waals surface area contributed by atoms with E-state index >= 15 is 0 Å². The lowest BCUT2D eigenvalue weighted by Crippen LogP contribution is -2.49. The number of halogens is 1. The van der Waals surface area contributed by atoms with Crippen molar-refractivity contribution in [2.24, 2.45) is 0 Å². The fraction of sp³-hybridized carbons (Fsp3) is 0.211. The lowest BCUT2D eigenvalue weighted by molar-refractivity contribution is 0.0747. The van der Waals surface area contributed by atoms with Crippen molar-refractivity contribution in [2.45, 2.75) is 0 Å². The van der Waals surface area contributed by atoms with Crippen LogP contribution in [0.5, 0.6) is 0 Å². The Labute approximate surface area is 153 Å². The molecule has 0 spiro atoms. The van der Waals surface area contributed by atoms with E-state index in [1.807, 2.05) is 4.90 Å². The van der Waals surface area contributed by atoms with E-state index in [0.717, 1.165) is 0 Å². The summed E-state index contributed by atoms with van der Waals surface area (Å²) in [4.78, 5) is 44.2. The first-order valence-electron chi connectivity index (χ1n) is 8.58. The fourth-order valence-electron chi connectivity index (χ4n) is 3.29. The molecule has 0 unspecified atom stereocenters. The number of fused-ring (bicyclic) bond motifs is 1. The number of nitrogens with zero attached hydrogens (tertiary/aromatic N) is 2. The number of carbonyl (C=O) groups excluding carboxylic acids is 1. The molecule has 1 saturated heterocycles. The standard InChI is InChI=1S/C19H17FN4O3/c20-13-3-1-2-4-16(13)23-7-9-24(10-8-23)19(27)12-5-6-14-15(11-12)22-18(26)17(25)21-14/h1-6,11H,7-10H2,(H,21,25)(H,22,26). The monoisotopic (exact) mass is 368 g/mol. The number of carbonyl (C=O) groups is 1. The molecule has 138 valence electrons. The third-order valence-electron chi connectivity index (χ3n) is 4.73. The molecule has 2 heterocycles. The van der Waals surface area contributed by atoms with E-state index in [0.29, 0.717) is 48.5 Å². The summed E-state index contributed by atoms with van der Waals surface area (Å²) >= 11 is 0. The second-order valence-corrected chi connectivity index (χ2v) is 6.40. The Hall–Kier alpha value is -3.42. The van der Waals surface area contributed by atoms with Crippen molar-refractivity contribution in [3.05, 3.63) is 74.6 Å². The van der Waals surface area contributed by atoms with E-state index in [2.05, 4.69) is 9.97 Å². The van der Waals surface area contributed by atoms with Gasteiger partial charge in [0.1, 0.15) is 5.82 Å². The van der Waals surface area contributed by atoms with Crippen LogP contribution < -0.4 is 16.0 Å². The Kier molecular flexibility index (Phi) is 4.23. The minimum absolute atomic E-state index is 0.169. The van der Waals surface area contributed by atoms with Gasteiger partial charge in [-0.25, -0.2) is 4.39 Å². The van der Waals surface area contributed by atoms with E-state index in [4.69, 9.17) is 0 Å². The number of hydrogen-bond acceptors (Lipinski definition) is 4. The second-order valence-electron chi connectivity index (χ2n) is 6.40. The zero-order chi connectivity index (χ0) is 19.0. The maximum atomic E-state index is 13.9. The zero-order valence-corrected chi connectivity index (χ0v) is 14.4. The number of para-hydroxylation sites is 1. The van der Waals surface area contributed by atoms with E-state index in [9.17, 15) is 18.8 Å². The van der Waals surface area contributed by atoms with Crippen LogP contribution in [-0.4, -0.2) is 47.0 Å². The highest BCUT2D eigenvalue weighted by molar-refractivity contribution is 5.97. The Morgan fingerprint density at radius 2 is 1.56 bits per heavy atom. The molecule has 27 heavy (non-hydrogen) atoms. The lowest BCUT2D eigenvalue weighted by Gasteiger charge is -2.36. The number of rotatable bonds is 2. The quantitative estimate of drug-likeness (QED) is 0.668. The molecule has 0 radical (unpaired) electrons. The average Bonchev–Trinajstić information content (AvgIpc) is 2.68. The molecular weight excluding hydrogens is 351 g/mol. The van der Waals surface area contributed by atoms with Crippen LogP contribution in [-0.2, 0) is 0 Å². The molecule has 3 aromatic rings. The first kappa shape index (κ1) is 17.0. The third kappa shape index (κ3) is 3.21. The van der Waals surface area contributed by atoms with Crippen molar-refractivity contribution in [1.82, 2.24) is 14.9 Å². The number of benzene rings is 2. The highest BCUT2D eigenvalue weighted by Gasteiger charge is 2.23. The largest absolute Gasteiger partial charge is 0.366 e. The Morgan fingerprint density at radius 3 is 2.26 bits per heavy atom. The molecular formula is C19H17FN4O3. The molecule has 1 amide bonds. The Bertz CT molecular complexity index is 1130. The average molecular weight is 368 g/mol. The number of aromatic amines is 2. The van der Waals surface area contributed by atoms with Gasteiger partial charge in [0.05, 0.1) is 16.7 Å². The second kappa shape index (κ2) is 6.71. The smallest absolute Gasteiger partial charge is 0.314 e. The molecule has 1 fully saturated rings. The molecule has 2 aromatic carbocycles. The van der Waals surface area contributed by atoms with Crippen molar-refractivity contribution < 1.29 is 9.18 Å². The third-order valence-corrected chi connectivity index (χ3v) is 4.73. The number of hydrogen-bond donors (Lipinski definition) is 2. The van der Waals surface area contributed by atoms with Gasteiger partial charge in [0.15, 0.2) is 0 Å². The molecule has 0 saturated carbocycles. The van der Waals surface area contributed by atoms with Gasteiger partial charge < -0.3 is 19.8 Å². The predicted octanol–water partition coefficient (Wildman–Crippen LogP) is 1.32. The normalized spacial score (nSPS) is 14.6. The molecule has 8 heteroatoms. The predicted molar refractivity (Wildman–Crippen MR) is 99.7 cm³/mol. The summed E-state index contributed by atoms with van der Waals surface area (Å²) in [7, 11) is 0. The summed E-state index contributed by atoms with van der Waals surface area (Å²) in [5, 5.41) is 0. The SMILES string of the molecule is O=C(c1ccc2[nH]c(=O)c(=O)[nH]c2c1)N1CCN(c2ccccc2F)CC1. The lowest BCUT2D eigenvalue weighted by atomic mass is 10.1. The topological polar surface area (TPSA) is 89.3 Å². The van der Waals surface area contributed by atoms with Crippen LogP contribution >= 0.6 is 0 Å². The number of aromatic nitrogens is 2. The molecule has 0 atom stereocenters. The van der Waals surface area contributed by atoms with Crippen molar-refractivity contribution in [3.8, 4) is 0 Å². The van der Waals surface area contributed by atoms with Gasteiger partial charge in [-0.15, -0.1) is 0 Å². The molecule has 0 aliphatic carbocycles. The molecule has 4 rings (SSSR count). The zero-order valence-electron chi connectivity index (χ0n) is 14.4. The minimum atomic E-state index is -0.759. The summed E-state index contributed by atoms with van der Waals surface area (Å²) < 4.78 is 13.9. The van der Waals surface area contributed by atoms with Gasteiger partial charge in [-0.3, -0.25) is 14.4 Å². The van der Waals surface area contributed by atoms with E-state index in [-0.39, 0.29) is 11.7 Å². The number of nitrogens with one attached hydrogen (secondary N) is 2. The first-order chi connectivity index (χ1) is 13.0. The van der Waals surface area contributed by atoms with Gasteiger partial charge in [-0.05, 0) is 30.3 Å². The highest BCUT2D eigenvalue weighted by atomic mass is 19.1. The van der Waals surface area contributed by atoms with Gasteiger partial charge in [-0.2, -0.15) is 0 Å². The summed E-state index contributed by atoms with van der Waals surface area (Å²) in [5.41, 5.74) is 0.328. The molecule has 7 nitrogen and oxygen atoms in total. The molecule has 2 N–H and O–H groups in total. The Balaban J connectivity index is 1.52. The number of amides is 1. The van der Waals surface area contributed by atoms with Crippen LogP contribution in [0.3, 0.4) is 0 Å². The van der Waals surface area contributed by atoms with Gasteiger partial charge >= 0.3 is 11.1 Å². The van der Waals surface area contributed by atoms with E-state index in [1.165, 1.54) is 6.07 Å². The summed E-state index contributed by atoms with van der Waals surface area (Å²) in [6, 6.07) is 11.3. The number of piperazine rings is 1. The van der Waals surface area contributed by atoms with Crippen LogP contribution in [0.1, 0.15) is 10.4 Å². The van der Waals surface area contributed by atoms with Crippen LogP contribution in [0, 0.1) is 5.82 Å². The van der Waals surface area contributed by atoms with Crippen molar-refractivity contribution in [3.63, 3.8) is 0 Å². The molecule has 1 aliphatic heterocycles. The van der Waals surface area contributed by atoms with Crippen LogP contribution in [0.25, 0.3) is 11.0 Å². The van der Waals surface area contributed by atoms with E-state index in [1.54, 1.807) is 41.3 Å². The summed E-state index contributed by atoms with van der Waals surface area (Å²) in [6.07, 6.45) is 0. The minimum Gasteiger partial charge on any atom is -0.366 e. The molecule has 1 aromatic heterocycles. The van der Waals surface area contributed by atoms with Crippen molar-refractivity contribution in [2.75, 3.05) is 31.1 Å². The fourth-order valence-corrected chi connectivity index (χ4v) is 3.29. The van der Waals surface area contributed by atoms with Crippen LogP contribution in [0.4, 0.5) is 10.1 Å². The summed E-state index contributed by atoms with van der Waals surface area (Å²) in [6.45, 7) is 2.00. The van der Waals surface area contributed by atoms with Crippen molar-refractivity contribution in [1.29, 1.82) is 0 Å².